The number of carbonyl (C=O) groups excluding carboxylic acids is 1. The van der Waals surface area contributed by atoms with Crippen LogP contribution in [0.3, 0.4) is 0 Å². The second-order valence-electron chi connectivity index (χ2n) is 8.17. The Hall–Kier alpha value is -3.29. The van der Waals surface area contributed by atoms with Crippen molar-refractivity contribution >= 4 is 23.1 Å². The van der Waals surface area contributed by atoms with Gasteiger partial charge in [0.25, 0.3) is 0 Å². The molecule has 1 aliphatic rings. The molecule has 8 heteroatoms. The lowest BCUT2D eigenvalue weighted by molar-refractivity contribution is 0.0240. The van der Waals surface area contributed by atoms with Gasteiger partial charge >= 0.3 is 6.09 Å². The average molecular weight is 394 g/mol. The number of amides is 1. The maximum atomic E-state index is 12.3. The standard InChI is InChI=1S/C21H26N6O2/c1-21(2,3)29-20(28)26-11-9-25(10-12-26)16-6-4-5-15(13-16)17-7-8-18-19(22)23-14-24-27(17)18/h4-8,13-14H,9-12H2,1-3H3,(H2,22,23,24). The molecule has 3 heterocycles. The maximum Gasteiger partial charge on any atom is 0.410 e. The Bertz CT molecular complexity index is 1030. The van der Waals surface area contributed by atoms with Crippen LogP contribution in [-0.4, -0.2) is 57.4 Å². The van der Waals surface area contributed by atoms with E-state index in [1.807, 2.05) is 43.5 Å². The molecule has 29 heavy (non-hydrogen) atoms. The Labute approximate surface area is 169 Å². The van der Waals surface area contributed by atoms with Gasteiger partial charge in [-0.2, -0.15) is 5.10 Å². The zero-order valence-electron chi connectivity index (χ0n) is 17.0. The number of piperazine rings is 1. The van der Waals surface area contributed by atoms with Crippen LogP contribution in [-0.2, 0) is 4.74 Å². The molecule has 1 amide bonds. The highest BCUT2D eigenvalue weighted by Crippen LogP contribution is 2.28. The number of nitrogen functional groups attached to an aromatic ring is 1. The number of benzene rings is 1. The summed E-state index contributed by atoms with van der Waals surface area (Å²) in [6.45, 7) is 8.44. The van der Waals surface area contributed by atoms with E-state index in [9.17, 15) is 4.79 Å². The van der Waals surface area contributed by atoms with Crippen LogP contribution >= 0.6 is 0 Å². The summed E-state index contributed by atoms with van der Waals surface area (Å²) < 4.78 is 7.29. The van der Waals surface area contributed by atoms with Gasteiger partial charge in [-0.25, -0.2) is 14.3 Å². The van der Waals surface area contributed by atoms with Gasteiger partial charge in [0, 0.05) is 37.4 Å². The van der Waals surface area contributed by atoms with Crippen LogP contribution in [0.5, 0.6) is 0 Å². The Morgan fingerprint density at radius 2 is 1.86 bits per heavy atom. The molecule has 2 aromatic heterocycles. The molecule has 0 aliphatic carbocycles. The molecule has 0 unspecified atom stereocenters. The molecule has 0 saturated carbocycles. The minimum absolute atomic E-state index is 0.247. The molecule has 0 radical (unpaired) electrons. The summed E-state index contributed by atoms with van der Waals surface area (Å²) in [7, 11) is 0. The first-order chi connectivity index (χ1) is 13.8. The lowest BCUT2D eigenvalue weighted by Gasteiger charge is -2.36. The van der Waals surface area contributed by atoms with Gasteiger partial charge in [0.05, 0.1) is 5.69 Å². The van der Waals surface area contributed by atoms with E-state index < -0.39 is 5.60 Å². The van der Waals surface area contributed by atoms with Crippen molar-refractivity contribution in [1.82, 2.24) is 19.5 Å². The maximum absolute atomic E-state index is 12.3. The van der Waals surface area contributed by atoms with Crippen LogP contribution in [0, 0.1) is 0 Å². The van der Waals surface area contributed by atoms with Gasteiger partial charge in [-0.3, -0.25) is 0 Å². The fourth-order valence-electron chi connectivity index (χ4n) is 3.51. The number of nitrogens with zero attached hydrogens (tertiary/aromatic N) is 5. The highest BCUT2D eigenvalue weighted by atomic mass is 16.6. The number of carbonyl (C=O) groups is 1. The molecule has 1 fully saturated rings. The third kappa shape index (κ3) is 3.96. The summed E-state index contributed by atoms with van der Waals surface area (Å²) in [5.74, 6) is 0.459. The third-order valence-corrected chi connectivity index (χ3v) is 4.92. The van der Waals surface area contributed by atoms with Crippen molar-refractivity contribution in [2.75, 3.05) is 36.8 Å². The third-order valence-electron chi connectivity index (χ3n) is 4.92. The van der Waals surface area contributed by atoms with Crippen molar-refractivity contribution in [3.63, 3.8) is 0 Å². The van der Waals surface area contributed by atoms with Gasteiger partial charge in [0.1, 0.15) is 17.4 Å². The van der Waals surface area contributed by atoms with Crippen LogP contribution in [0.2, 0.25) is 0 Å². The summed E-state index contributed by atoms with van der Waals surface area (Å²) in [6.07, 6.45) is 1.22. The molecule has 2 N–H and O–H groups in total. The second kappa shape index (κ2) is 7.27. The van der Waals surface area contributed by atoms with Crippen molar-refractivity contribution in [3.8, 4) is 11.3 Å². The minimum atomic E-state index is -0.477. The zero-order valence-corrected chi connectivity index (χ0v) is 17.0. The van der Waals surface area contributed by atoms with E-state index in [1.54, 1.807) is 4.90 Å². The lowest BCUT2D eigenvalue weighted by atomic mass is 10.1. The number of hydrogen-bond donors (Lipinski definition) is 1. The predicted molar refractivity (Wildman–Crippen MR) is 113 cm³/mol. The Balaban J connectivity index is 1.50. The summed E-state index contributed by atoms with van der Waals surface area (Å²) in [5.41, 5.74) is 9.39. The quantitative estimate of drug-likeness (QED) is 0.719. The number of aromatic nitrogens is 3. The van der Waals surface area contributed by atoms with E-state index in [2.05, 4.69) is 33.2 Å². The molecule has 8 nitrogen and oxygen atoms in total. The number of hydrogen-bond acceptors (Lipinski definition) is 6. The topological polar surface area (TPSA) is 89.0 Å². The first-order valence-corrected chi connectivity index (χ1v) is 9.73. The van der Waals surface area contributed by atoms with Gasteiger partial charge in [-0.05, 0) is 45.0 Å². The van der Waals surface area contributed by atoms with Crippen molar-refractivity contribution in [3.05, 3.63) is 42.7 Å². The highest BCUT2D eigenvalue weighted by molar-refractivity contribution is 5.75. The van der Waals surface area contributed by atoms with Gasteiger partial charge < -0.3 is 20.3 Å². The summed E-state index contributed by atoms with van der Waals surface area (Å²) in [6, 6.07) is 12.3. The molecular weight excluding hydrogens is 368 g/mol. The molecule has 0 bridgehead atoms. The van der Waals surface area contributed by atoms with Gasteiger partial charge in [0.15, 0.2) is 5.82 Å². The van der Waals surface area contributed by atoms with Crippen molar-refractivity contribution in [1.29, 1.82) is 0 Å². The number of ether oxygens (including phenoxy) is 1. The largest absolute Gasteiger partial charge is 0.444 e. The molecular formula is C21H26N6O2. The minimum Gasteiger partial charge on any atom is -0.444 e. The summed E-state index contributed by atoms with van der Waals surface area (Å²) in [5, 5.41) is 4.33. The van der Waals surface area contributed by atoms with E-state index in [0.717, 1.165) is 35.6 Å². The normalized spacial score (nSPS) is 15.0. The van der Waals surface area contributed by atoms with Crippen molar-refractivity contribution < 1.29 is 9.53 Å². The Morgan fingerprint density at radius 1 is 1.10 bits per heavy atom. The van der Waals surface area contributed by atoms with Crippen molar-refractivity contribution in [2.24, 2.45) is 0 Å². The van der Waals surface area contributed by atoms with Crippen LogP contribution in [0.25, 0.3) is 16.8 Å². The molecule has 0 spiro atoms. The fourth-order valence-corrected chi connectivity index (χ4v) is 3.51. The van der Waals surface area contributed by atoms with Gasteiger partial charge in [0.2, 0.25) is 0 Å². The van der Waals surface area contributed by atoms with Crippen LogP contribution in [0.1, 0.15) is 20.8 Å². The molecule has 1 aromatic carbocycles. The van der Waals surface area contributed by atoms with Crippen LogP contribution in [0.15, 0.2) is 42.7 Å². The van der Waals surface area contributed by atoms with Gasteiger partial charge in [-0.15, -0.1) is 0 Å². The van der Waals surface area contributed by atoms with E-state index >= 15 is 0 Å². The molecule has 1 saturated heterocycles. The van der Waals surface area contributed by atoms with Gasteiger partial charge in [-0.1, -0.05) is 12.1 Å². The summed E-state index contributed by atoms with van der Waals surface area (Å²) in [4.78, 5) is 20.4. The number of nitrogens with two attached hydrogens (primary N) is 1. The smallest absolute Gasteiger partial charge is 0.410 e. The lowest BCUT2D eigenvalue weighted by Crippen LogP contribution is -2.50. The van der Waals surface area contributed by atoms with E-state index in [0.29, 0.717) is 18.9 Å². The average Bonchev–Trinajstić information content (AvgIpc) is 3.12. The monoisotopic (exact) mass is 394 g/mol. The second-order valence-corrected chi connectivity index (χ2v) is 8.17. The Kier molecular flexibility index (Phi) is 4.77. The van der Waals surface area contributed by atoms with Crippen LogP contribution < -0.4 is 10.6 Å². The van der Waals surface area contributed by atoms with E-state index in [1.165, 1.54) is 6.33 Å². The number of fused-ring (bicyclic) bond motifs is 1. The number of rotatable bonds is 2. The fraction of sp³-hybridized carbons (Fsp3) is 0.381. The first kappa shape index (κ1) is 19.0. The number of anilines is 2. The highest BCUT2D eigenvalue weighted by Gasteiger charge is 2.26. The molecule has 1 aliphatic heterocycles. The SMILES string of the molecule is CC(C)(C)OC(=O)N1CCN(c2cccc(-c3ccc4c(N)ncnn34)c2)CC1. The molecule has 3 aromatic rings. The zero-order chi connectivity index (χ0) is 20.6. The molecule has 4 rings (SSSR count). The molecule has 0 atom stereocenters. The van der Waals surface area contributed by atoms with E-state index in [4.69, 9.17) is 10.5 Å². The summed E-state index contributed by atoms with van der Waals surface area (Å²) >= 11 is 0. The predicted octanol–water partition coefficient (Wildman–Crippen LogP) is 3.04. The Morgan fingerprint density at radius 3 is 2.59 bits per heavy atom. The van der Waals surface area contributed by atoms with E-state index in [-0.39, 0.29) is 6.09 Å². The molecule has 152 valence electrons. The van der Waals surface area contributed by atoms with Crippen molar-refractivity contribution in [2.45, 2.75) is 26.4 Å². The van der Waals surface area contributed by atoms with Crippen LogP contribution in [0.4, 0.5) is 16.3 Å². The first-order valence-electron chi connectivity index (χ1n) is 9.73.